The van der Waals surface area contributed by atoms with Crippen LogP contribution in [0.15, 0.2) is 0 Å². The van der Waals surface area contributed by atoms with Crippen molar-refractivity contribution in [3.63, 3.8) is 0 Å². The predicted molar refractivity (Wildman–Crippen MR) is 83.9 cm³/mol. The molecule has 0 saturated carbocycles. The SMILES string of the molecule is CCCN(CCNCCCCOCC)CCN(C)C. The average Bonchev–Trinajstić information content (AvgIpc) is 2.38. The topological polar surface area (TPSA) is 27.7 Å². The Labute approximate surface area is 120 Å². The molecule has 116 valence electrons. The molecule has 0 bridgehead atoms. The van der Waals surface area contributed by atoms with E-state index in [0.29, 0.717) is 0 Å². The first kappa shape index (κ1) is 18.8. The zero-order valence-corrected chi connectivity index (χ0v) is 13.6. The van der Waals surface area contributed by atoms with Crippen molar-refractivity contribution in [1.29, 1.82) is 0 Å². The first-order chi connectivity index (χ1) is 9.20. The minimum absolute atomic E-state index is 0.839. The zero-order valence-electron chi connectivity index (χ0n) is 13.6. The molecule has 0 saturated heterocycles. The zero-order chi connectivity index (χ0) is 14.3. The molecular formula is C15H35N3O. The molecule has 0 unspecified atom stereocenters. The molecule has 0 aliphatic carbocycles. The summed E-state index contributed by atoms with van der Waals surface area (Å²) in [6.07, 6.45) is 3.62. The maximum Gasteiger partial charge on any atom is 0.0466 e. The molecule has 0 aliphatic rings. The first-order valence-electron chi connectivity index (χ1n) is 7.86. The first-order valence-corrected chi connectivity index (χ1v) is 7.86. The molecule has 0 heterocycles. The minimum atomic E-state index is 0.839. The Hall–Kier alpha value is -0.160. The van der Waals surface area contributed by atoms with Gasteiger partial charge in [-0.3, -0.25) is 0 Å². The normalized spacial score (nSPS) is 11.7. The minimum Gasteiger partial charge on any atom is -0.382 e. The van der Waals surface area contributed by atoms with E-state index in [1.165, 1.54) is 32.4 Å². The van der Waals surface area contributed by atoms with Crippen LogP contribution in [0.25, 0.3) is 0 Å². The van der Waals surface area contributed by atoms with Crippen molar-refractivity contribution in [2.24, 2.45) is 0 Å². The van der Waals surface area contributed by atoms with Gasteiger partial charge in [-0.05, 0) is 53.4 Å². The lowest BCUT2D eigenvalue weighted by molar-refractivity contribution is 0.143. The van der Waals surface area contributed by atoms with Gasteiger partial charge in [-0.15, -0.1) is 0 Å². The van der Waals surface area contributed by atoms with Crippen LogP contribution in [0.2, 0.25) is 0 Å². The second-order valence-corrected chi connectivity index (χ2v) is 5.30. The molecule has 0 amide bonds. The Morgan fingerprint density at radius 3 is 2.32 bits per heavy atom. The van der Waals surface area contributed by atoms with Gasteiger partial charge in [0.05, 0.1) is 0 Å². The van der Waals surface area contributed by atoms with Crippen molar-refractivity contribution in [3.8, 4) is 0 Å². The van der Waals surface area contributed by atoms with E-state index in [1.807, 2.05) is 6.92 Å². The van der Waals surface area contributed by atoms with Crippen LogP contribution in [0.5, 0.6) is 0 Å². The highest BCUT2D eigenvalue weighted by Crippen LogP contribution is 1.92. The maximum absolute atomic E-state index is 5.32. The fourth-order valence-corrected chi connectivity index (χ4v) is 1.95. The van der Waals surface area contributed by atoms with Crippen LogP contribution in [0.1, 0.15) is 33.1 Å². The summed E-state index contributed by atoms with van der Waals surface area (Å²) >= 11 is 0. The van der Waals surface area contributed by atoms with Crippen molar-refractivity contribution in [3.05, 3.63) is 0 Å². The second kappa shape index (κ2) is 14.3. The lowest BCUT2D eigenvalue weighted by atomic mass is 10.3. The molecule has 4 heteroatoms. The summed E-state index contributed by atoms with van der Waals surface area (Å²) in [6, 6.07) is 0. The largest absolute Gasteiger partial charge is 0.382 e. The average molecular weight is 273 g/mol. The second-order valence-electron chi connectivity index (χ2n) is 5.30. The van der Waals surface area contributed by atoms with Gasteiger partial charge in [-0.1, -0.05) is 6.92 Å². The third-order valence-electron chi connectivity index (χ3n) is 3.10. The van der Waals surface area contributed by atoms with Crippen molar-refractivity contribution in [2.75, 3.05) is 66.6 Å². The number of hydrogen-bond donors (Lipinski definition) is 1. The molecule has 0 atom stereocenters. The van der Waals surface area contributed by atoms with Crippen LogP contribution in [0.3, 0.4) is 0 Å². The van der Waals surface area contributed by atoms with E-state index in [-0.39, 0.29) is 0 Å². The Kier molecular flexibility index (Phi) is 14.1. The summed E-state index contributed by atoms with van der Waals surface area (Å²) in [5, 5.41) is 3.53. The van der Waals surface area contributed by atoms with E-state index in [2.05, 4.69) is 36.1 Å². The lowest BCUT2D eigenvalue weighted by Gasteiger charge is -2.23. The van der Waals surface area contributed by atoms with Gasteiger partial charge >= 0.3 is 0 Å². The summed E-state index contributed by atoms with van der Waals surface area (Å²) < 4.78 is 5.32. The standard InChI is InChI=1S/C15H35N3O/c1-5-11-18(14-13-17(3)4)12-10-16-9-7-8-15-19-6-2/h16H,5-15H2,1-4H3. The number of nitrogens with one attached hydrogen (secondary N) is 1. The Morgan fingerprint density at radius 1 is 0.895 bits per heavy atom. The summed E-state index contributed by atoms with van der Waals surface area (Å²) in [7, 11) is 4.28. The predicted octanol–water partition coefficient (Wildman–Crippen LogP) is 1.67. The maximum atomic E-state index is 5.32. The number of hydrogen-bond acceptors (Lipinski definition) is 4. The Bertz CT molecular complexity index is 177. The summed E-state index contributed by atoms with van der Waals surface area (Å²) in [6.45, 7) is 12.9. The van der Waals surface area contributed by atoms with E-state index in [1.54, 1.807) is 0 Å². The Morgan fingerprint density at radius 2 is 1.68 bits per heavy atom. The lowest BCUT2D eigenvalue weighted by Crippen LogP contribution is -2.37. The van der Waals surface area contributed by atoms with E-state index in [9.17, 15) is 0 Å². The van der Waals surface area contributed by atoms with Crippen molar-refractivity contribution < 1.29 is 4.74 Å². The molecule has 0 fully saturated rings. The van der Waals surface area contributed by atoms with Crippen molar-refractivity contribution in [1.82, 2.24) is 15.1 Å². The van der Waals surface area contributed by atoms with Crippen molar-refractivity contribution >= 4 is 0 Å². The van der Waals surface area contributed by atoms with Crippen LogP contribution in [0, 0.1) is 0 Å². The highest BCUT2D eigenvalue weighted by molar-refractivity contribution is 4.61. The van der Waals surface area contributed by atoms with Crippen LogP contribution < -0.4 is 5.32 Å². The van der Waals surface area contributed by atoms with Gasteiger partial charge < -0.3 is 19.9 Å². The molecule has 0 aromatic heterocycles. The van der Waals surface area contributed by atoms with Crippen LogP contribution in [-0.2, 0) is 4.74 Å². The smallest absolute Gasteiger partial charge is 0.0466 e. The van der Waals surface area contributed by atoms with E-state index >= 15 is 0 Å². The number of likely N-dealkylation sites (N-methyl/N-ethyl adjacent to an activating group) is 1. The fraction of sp³-hybridized carbons (Fsp3) is 1.00. The van der Waals surface area contributed by atoms with Gasteiger partial charge in [0.25, 0.3) is 0 Å². The molecular weight excluding hydrogens is 238 g/mol. The van der Waals surface area contributed by atoms with Gasteiger partial charge in [-0.25, -0.2) is 0 Å². The molecule has 0 aromatic carbocycles. The molecule has 4 nitrogen and oxygen atoms in total. The van der Waals surface area contributed by atoms with E-state index in [4.69, 9.17) is 4.74 Å². The fourth-order valence-electron chi connectivity index (χ4n) is 1.95. The number of nitrogens with zero attached hydrogens (tertiary/aromatic N) is 2. The van der Waals surface area contributed by atoms with Gasteiger partial charge in [0.1, 0.15) is 0 Å². The summed E-state index contributed by atoms with van der Waals surface area (Å²) in [5.41, 5.74) is 0. The highest BCUT2D eigenvalue weighted by Gasteiger charge is 2.03. The summed E-state index contributed by atoms with van der Waals surface area (Å²) in [5.74, 6) is 0. The van der Waals surface area contributed by atoms with Gasteiger partial charge in [0.2, 0.25) is 0 Å². The van der Waals surface area contributed by atoms with E-state index in [0.717, 1.165) is 39.4 Å². The van der Waals surface area contributed by atoms with Gasteiger partial charge in [0, 0.05) is 39.4 Å². The van der Waals surface area contributed by atoms with E-state index < -0.39 is 0 Å². The molecule has 0 spiro atoms. The monoisotopic (exact) mass is 273 g/mol. The highest BCUT2D eigenvalue weighted by atomic mass is 16.5. The number of unbranched alkanes of at least 4 members (excludes halogenated alkanes) is 1. The molecule has 0 rings (SSSR count). The van der Waals surface area contributed by atoms with Crippen LogP contribution in [-0.4, -0.2) is 76.4 Å². The summed E-state index contributed by atoms with van der Waals surface area (Å²) in [4.78, 5) is 4.80. The Balaban J connectivity index is 3.42. The van der Waals surface area contributed by atoms with Crippen molar-refractivity contribution in [2.45, 2.75) is 33.1 Å². The van der Waals surface area contributed by atoms with Crippen LogP contribution >= 0.6 is 0 Å². The molecule has 19 heavy (non-hydrogen) atoms. The molecule has 0 radical (unpaired) electrons. The molecule has 0 aliphatic heterocycles. The molecule has 0 aromatic rings. The van der Waals surface area contributed by atoms with Gasteiger partial charge in [0.15, 0.2) is 0 Å². The van der Waals surface area contributed by atoms with Gasteiger partial charge in [-0.2, -0.15) is 0 Å². The quantitative estimate of drug-likeness (QED) is 0.487. The third-order valence-corrected chi connectivity index (χ3v) is 3.10. The number of rotatable bonds is 14. The third kappa shape index (κ3) is 14.1. The number of ether oxygens (including phenoxy) is 1. The van der Waals surface area contributed by atoms with Crippen LogP contribution in [0.4, 0.5) is 0 Å². The molecule has 1 N–H and O–H groups in total.